The summed E-state index contributed by atoms with van der Waals surface area (Å²) in [6, 6.07) is 14.1. The average Bonchev–Trinajstić information content (AvgIpc) is 2.79. The van der Waals surface area contributed by atoms with E-state index < -0.39 is 0 Å². The molecule has 7 nitrogen and oxygen atoms in total. The van der Waals surface area contributed by atoms with Crippen LogP contribution in [0, 0.1) is 0 Å². The number of nitrogens with one attached hydrogen (secondary N) is 2. The molecule has 0 saturated heterocycles. The van der Waals surface area contributed by atoms with Crippen molar-refractivity contribution in [3.05, 3.63) is 53.6 Å². The lowest BCUT2D eigenvalue weighted by Gasteiger charge is -2.14. The van der Waals surface area contributed by atoms with E-state index in [4.69, 9.17) is 18.9 Å². The Hall–Kier alpha value is -2.20. The summed E-state index contributed by atoms with van der Waals surface area (Å²) in [6.45, 7) is 7.73. The Bertz CT molecular complexity index is 800. The van der Waals surface area contributed by atoms with Crippen LogP contribution in [-0.2, 0) is 17.7 Å². The molecule has 0 bridgehead atoms. The number of hydrogen-bond donors (Lipinski definition) is 2. The van der Waals surface area contributed by atoms with Gasteiger partial charge in [0.2, 0.25) is 0 Å². The Morgan fingerprint density at radius 2 is 1.53 bits per heavy atom. The van der Waals surface area contributed by atoms with Crippen molar-refractivity contribution in [2.24, 2.45) is 4.99 Å². The van der Waals surface area contributed by atoms with Crippen molar-refractivity contribution in [1.29, 1.82) is 0 Å². The summed E-state index contributed by atoms with van der Waals surface area (Å²) in [5.41, 5.74) is 2.33. The van der Waals surface area contributed by atoms with Gasteiger partial charge in [-0.3, -0.25) is 4.99 Å². The highest BCUT2D eigenvalue weighted by Crippen LogP contribution is 2.28. The molecular weight excluding hydrogens is 521 g/mol. The Morgan fingerprint density at radius 3 is 2.19 bits per heavy atom. The second-order valence-electron chi connectivity index (χ2n) is 6.73. The molecule has 2 aromatic carbocycles. The van der Waals surface area contributed by atoms with Crippen molar-refractivity contribution in [3.63, 3.8) is 0 Å². The first-order valence-electron chi connectivity index (χ1n) is 10.7. The lowest BCUT2D eigenvalue weighted by Crippen LogP contribution is -2.37. The quantitative estimate of drug-likeness (QED) is 0.168. The van der Waals surface area contributed by atoms with Crippen molar-refractivity contribution in [3.8, 4) is 17.2 Å². The molecule has 0 aromatic heterocycles. The summed E-state index contributed by atoms with van der Waals surface area (Å²) >= 11 is 0. The van der Waals surface area contributed by atoms with Gasteiger partial charge in [0, 0.05) is 27.2 Å². The fourth-order valence-corrected chi connectivity index (χ4v) is 2.93. The predicted octanol–water partition coefficient (Wildman–Crippen LogP) is 4.03. The number of methoxy groups -OCH3 is 1. The van der Waals surface area contributed by atoms with Crippen LogP contribution >= 0.6 is 24.0 Å². The zero-order chi connectivity index (χ0) is 22.3. The summed E-state index contributed by atoms with van der Waals surface area (Å²) in [6.07, 6.45) is 0.848. The van der Waals surface area contributed by atoms with E-state index in [9.17, 15) is 0 Å². The second-order valence-corrected chi connectivity index (χ2v) is 6.73. The van der Waals surface area contributed by atoms with Crippen molar-refractivity contribution < 1.29 is 18.9 Å². The topological polar surface area (TPSA) is 73.3 Å². The molecule has 0 aliphatic rings. The smallest absolute Gasteiger partial charge is 0.191 e. The van der Waals surface area contributed by atoms with Crippen LogP contribution in [0.4, 0.5) is 0 Å². The van der Waals surface area contributed by atoms with Crippen molar-refractivity contribution in [2.75, 3.05) is 47.1 Å². The molecule has 32 heavy (non-hydrogen) atoms. The molecule has 0 radical (unpaired) electrons. The number of ether oxygens (including phenoxy) is 4. The molecule has 0 heterocycles. The fraction of sp³-hybridized carbons (Fsp3) is 0.458. The number of hydrogen-bond acceptors (Lipinski definition) is 5. The molecule has 0 atom stereocenters. The number of guanidine groups is 1. The highest BCUT2D eigenvalue weighted by molar-refractivity contribution is 14.0. The van der Waals surface area contributed by atoms with Crippen molar-refractivity contribution in [1.82, 2.24) is 10.6 Å². The van der Waals surface area contributed by atoms with Crippen LogP contribution in [0.1, 0.15) is 25.0 Å². The summed E-state index contributed by atoms with van der Waals surface area (Å²) < 4.78 is 21.9. The number of benzene rings is 2. The minimum Gasteiger partial charge on any atom is -0.491 e. The predicted molar refractivity (Wildman–Crippen MR) is 140 cm³/mol. The summed E-state index contributed by atoms with van der Waals surface area (Å²) in [5.74, 6) is 3.18. The number of nitrogens with zero attached hydrogens (tertiary/aromatic N) is 1. The molecule has 0 aliphatic carbocycles. The number of rotatable bonds is 13. The fourth-order valence-electron chi connectivity index (χ4n) is 2.93. The third-order valence-corrected chi connectivity index (χ3v) is 4.48. The molecule has 0 fully saturated rings. The van der Waals surface area contributed by atoms with Gasteiger partial charge in [-0.15, -0.1) is 24.0 Å². The van der Waals surface area contributed by atoms with Gasteiger partial charge < -0.3 is 29.6 Å². The molecule has 2 N–H and O–H groups in total. The summed E-state index contributed by atoms with van der Waals surface area (Å²) in [5, 5.41) is 6.69. The maximum atomic E-state index is 5.71. The third kappa shape index (κ3) is 9.95. The van der Waals surface area contributed by atoms with Crippen LogP contribution in [0.5, 0.6) is 17.2 Å². The zero-order valence-electron chi connectivity index (χ0n) is 19.5. The first kappa shape index (κ1) is 27.8. The van der Waals surface area contributed by atoms with Gasteiger partial charge in [-0.1, -0.05) is 18.2 Å². The van der Waals surface area contributed by atoms with Gasteiger partial charge >= 0.3 is 0 Å². The molecular formula is C24H36IN3O4. The minimum absolute atomic E-state index is 0. The number of aliphatic imine (C=N–C) groups is 1. The van der Waals surface area contributed by atoms with Gasteiger partial charge in [-0.2, -0.15) is 0 Å². The summed E-state index contributed by atoms with van der Waals surface area (Å²) in [4.78, 5) is 4.30. The molecule has 0 amide bonds. The Balaban J connectivity index is 0.00000512. The molecule has 0 unspecified atom stereocenters. The van der Waals surface area contributed by atoms with Crippen LogP contribution in [0.25, 0.3) is 0 Å². The van der Waals surface area contributed by atoms with E-state index in [0.717, 1.165) is 41.7 Å². The van der Waals surface area contributed by atoms with Gasteiger partial charge in [0.15, 0.2) is 17.5 Å². The molecule has 2 rings (SSSR count). The van der Waals surface area contributed by atoms with Crippen molar-refractivity contribution in [2.45, 2.75) is 26.8 Å². The summed E-state index contributed by atoms with van der Waals surface area (Å²) in [7, 11) is 3.43. The van der Waals surface area contributed by atoms with Gasteiger partial charge in [0.05, 0.1) is 19.8 Å². The molecule has 0 spiro atoms. The first-order chi connectivity index (χ1) is 15.2. The molecule has 8 heteroatoms. The lowest BCUT2D eigenvalue weighted by atomic mass is 10.1. The molecule has 178 valence electrons. The monoisotopic (exact) mass is 557 g/mol. The average molecular weight is 557 g/mol. The number of halogens is 1. The van der Waals surface area contributed by atoms with E-state index >= 15 is 0 Å². The van der Waals surface area contributed by atoms with E-state index in [1.54, 1.807) is 14.2 Å². The van der Waals surface area contributed by atoms with E-state index in [-0.39, 0.29) is 24.0 Å². The van der Waals surface area contributed by atoms with Gasteiger partial charge in [0.25, 0.3) is 0 Å². The van der Waals surface area contributed by atoms with Crippen LogP contribution in [0.15, 0.2) is 47.5 Å². The first-order valence-corrected chi connectivity index (χ1v) is 10.7. The van der Waals surface area contributed by atoms with E-state index in [0.29, 0.717) is 33.0 Å². The van der Waals surface area contributed by atoms with Crippen molar-refractivity contribution >= 4 is 29.9 Å². The molecule has 2 aromatic rings. The lowest BCUT2D eigenvalue weighted by molar-refractivity contribution is 0.146. The van der Waals surface area contributed by atoms with E-state index in [1.165, 1.54) is 5.56 Å². The van der Waals surface area contributed by atoms with Gasteiger partial charge in [-0.05, 0) is 55.7 Å². The Kier molecular flexibility index (Phi) is 14.3. The van der Waals surface area contributed by atoms with E-state index in [2.05, 4.69) is 21.7 Å². The third-order valence-electron chi connectivity index (χ3n) is 4.48. The van der Waals surface area contributed by atoms with Crippen LogP contribution in [-0.4, -0.2) is 53.1 Å². The molecule has 0 aliphatic heterocycles. The molecule has 0 saturated carbocycles. The Labute approximate surface area is 208 Å². The van der Waals surface area contributed by atoms with Gasteiger partial charge in [-0.25, -0.2) is 0 Å². The highest BCUT2D eigenvalue weighted by Gasteiger charge is 2.06. The SMILES string of the molecule is CCOc1ccc(CCNC(=NC)NCc2ccc(OCCOC)cc2)cc1OCC.I. The highest BCUT2D eigenvalue weighted by atomic mass is 127. The maximum Gasteiger partial charge on any atom is 0.191 e. The van der Waals surface area contributed by atoms with Crippen LogP contribution in [0.2, 0.25) is 0 Å². The minimum atomic E-state index is 0. The van der Waals surface area contributed by atoms with Crippen LogP contribution in [0.3, 0.4) is 0 Å². The standard InChI is InChI=1S/C24H35N3O4.HI/c1-5-29-22-12-9-19(17-23(22)30-6-2)13-14-26-24(25-3)27-18-20-7-10-21(11-8-20)31-16-15-28-4;/h7-12,17H,5-6,13-16,18H2,1-4H3,(H2,25,26,27);1H. The maximum absolute atomic E-state index is 5.71. The van der Waals surface area contributed by atoms with Gasteiger partial charge in [0.1, 0.15) is 12.4 Å². The largest absolute Gasteiger partial charge is 0.491 e. The Morgan fingerprint density at radius 1 is 0.844 bits per heavy atom. The van der Waals surface area contributed by atoms with E-state index in [1.807, 2.05) is 50.2 Å². The van der Waals surface area contributed by atoms with Crippen LogP contribution < -0.4 is 24.8 Å². The zero-order valence-corrected chi connectivity index (χ0v) is 21.8. The normalized spacial score (nSPS) is 10.8. The second kappa shape index (κ2) is 16.4.